The van der Waals surface area contributed by atoms with Gasteiger partial charge in [-0.1, -0.05) is 32.3 Å². The Morgan fingerprint density at radius 1 is 1.00 bits per heavy atom. The second-order valence-electron chi connectivity index (χ2n) is 8.34. The Balaban J connectivity index is 1.42. The van der Waals surface area contributed by atoms with Crippen LogP contribution in [0.1, 0.15) is 54.9 Å². The summed E-state index contributed by atoms with van der Waals surface area (Å²) in [5.41, 5.74) is 1.15. The van der Waals surface area contributed by atoms with Crippen LogP contribution < -0.4 is 10.2 Å². The summed E-state index contributed by atoms with van der Waals surface area (Å²) in [6.07, 6.45) is 6.67. The molecule has 0 spiro atoms. The molecule has 1 aromatic carbocycles. The van der Waals surface area contributed by atoms with Crippen LogP contribution in [0.4, 0.5) is 14.6 Å². The Kier molecular flexibility index (Phi) is 9.15. The fourth-order valence-electron chi connectivity index (χ4n) is 3.85. The molecular formula is C25H32F2N4O2. The van der Waals surface area contributed by atoms with Crippen LogP contribution in [0.5, 0.6) is 0 Å². The monoisotopic (exact) mass is 458 g/mol. The first-order valence-electron chi connectivity index (χ1n) is 11.7. The molecule has 33 heavy (non-hydrogen) atoms. The molecule has 2 aromatic rings. The maximum Gasteiger partial charge on any atom is 0.252 e. The van der Waals surface area contributed by atoms with Crippen molar-refractivity contribution in [3.05, 3.63) is 59.3 Å². The first-order chi connectivity index (χ1) is 16.0. The third kappa shape index (κ3) is 7.23. The Morgan fingerprint density at radius 3 is 2.45 bits per heavy atom. The highest BCUT2D eigenvalue weighted by Gasteiger charge is 2.22. The Bertz CT molecular complexity index is 929. The van der Waals surface area contributed by atoms with Gasteiger partial charge in [0.1, 0.15) is 5.82 Å². The van der Waals surface area contributed by atoms with Crippen molar-refractivity contribution in [2.75, 3.05) is 37.6 Å². The van der Waals surface area contributed by atoms with Gasteiger partial charge in [-0.3, -0.25) is 9.59 Å². The van der Waals surface area contributed by atoms with E-state index in [0.717, 1.165) is 30.8 Å². The van der Waals surface area contributed by atoms with Crippen LogP contribution in [0, 0.1) is 11.6 Å². The fourth-order valence-corrected chi connectivity index (χ4v) is 3.85. The number of hydrogen-bond donors (Lipinski definition) is 1. The van der Waals surface area contributed by atoms with E-state index in [-0.39, 0.29) is 18.2 Å². The molecule has 1 fully saturated rings. The average Bonchev–Trinajstić information content (AvgIpc) is 2.84. The molecule has 2 amide bonds. The first-order valence-corrected chi connectivity index (χ1v) is 11.7. The van der Waals surface area contributed by atoms with Gasteiger partial charge in [-0.05, 0) is 42.7 Å². The van der Waals surface area contributed by atoms with Crippen molar-refractivity contribution in [2.24, 2.45) is 0 Å². The number of rotatable bonds is 10. The summed E-state index contributed by atoms with van der Waals surface area (Å²) in [7, 11) is 0. The normalized spacial score (nSPS) is 13.8. The van der Waals surface area contributed by atoms with Gasteiger partial charge in [0.15, 0.2) is 11.6 Å². The van der Waals surface area contributed by atoms with Crippen molar-refractivity contribution in [3.8, 4) is 0 Å². The van der Waals surface area contributed by atoms with Gasteiger partial charge in [0.2, 0.25) is 5.91 Å². The minimum absolute atomic E-state index is 0.00158. The number of halogens is 2. The zero-order valence-corrected chi connectivity index (χ0v) is 19.2. The number of amides is 2. The average molecular weight is 459 g/mol. The topological polar surface area (TPSA) is 65.5 Å². The number of piperazine rings is 1. The second kappa shape index (κ2) is 12.3. The van der Waals surface area contributed by atoms with E-state index in [2.05, 4.69) is 22.1 Å². The van der Waals surface area contributed by atoms with Crippen LogP contribution in [-0.4, -0.2) is 54.4 Å². The van der Waals surface area contributed by atoms with E-state index in [1.807, 2.05) is 6.07 Å². The highest BCUT2D eigenvalue weighted by Crippen LogP contribution is 2.16. The molecule has 8 heteroatoms. The van der Waals surface area contributed by atoms with Crippen LogP contribution >= 0.6 is 0 Å². The molecule has 6 nitrogen and oxygen atoms in total. The number of anilines is 1. The first kappa shape index (κ1) is 24.6. The van der Waals surface area contributed by atoms with Gasteiger partial charge in [0, 0.05) is 45.3 Å². The fraction of sp³-hybridized carbons (Fsp3) is 0.480. The third-order valence-corrected chi connectivity index (χ3v) is 5.89. The number of carbonyl (C=O) groups excluding carboxylic acids is 2. The van der Waals surface area contributed by atoms with Crippen LogP contribution in [0.25, 0.3) is 0 Å². The zero-order chi connectivity index (χ0) is 23.6. The van der Waals surface area contributed by atoms with Crippen molar-refractivity contribution >= 4 is 17.6 Å². The Labute approximate surface area is 194 Å². The van der Waals surface area contributed by atoms with E-state index in [0.29, 0.717) is 50.3 Å². The molecule has 1 N–H and O–H groups in total. The predicted octanol–water partition coefficient (Wildman–Crippen LogP) is 3.95. The number of pyridine rings is 1. The molecule has 0 radical (unpaired) electrons. The van der Waals surface area contributed by atoms with E-state index < -0.39 is 11.6 Å². The van der Waals surface area contributed by atoms with Crippen LogP contribution in [-0.2, 0) is 11.2 Å². The van der Waals surface area contributed by atoms with Crippen molar-refractivity contribution in [1.29, 1.82) is 0 Å². The minimum atomic E-state index is -0.892. The van der Waals surface area contributed by atoms with Gasteiger partial charge >= 0.3 is 0 Å². The van der Waals surface area contributed by atoms with Crippen LogP contribution in [0.3, 0.4) is 0 Å². The molecule has 178 valence electrons. The molecular weight excluding hydrogens is 426 g/mol. The zero-order valence-electron chi connectivity index (χ0n) is 19.2. The minimum Gasteiger partial charge on any atom is -0.353 e. The van der Waals surface area contributed by atoms with Crippen molar-refractivity contribution < 1.29 is 18.4 Å². The second-order valence-corrected chi connectivity index (χ2v) is 8.34. The summed E-state index contributed by atoms with van der Waals surface area (Å²) < 4.78 is 26.4. The molecule has 0 atom stereocenters. The standard InChI is InChI=1S/C25H32F2N4O2/c1-2-3-4-5-12-28-25(33)20-8-10-23(29-18-20)30-13-15-31(16-14-30)24(32)11-7-19-6-9-21(26)22(27)17-19/h6,8-10,17-18H,2-5,7,11-16H2,1H3,(H,28,33). The molecule has 0 aliphatic carbocycles. The summed E-state index contributed by atoms with van der Waals surface area (Å²) in [6.45, 7) is 5.26. The lowest BCUT2D eigenvalue weighted by molar-refractivity contribution is -0.131. The number of aryl methyl sites for hydroxylation is 1. The molecule has 1 aliphatic heterocycles. The van der Waals surface area contributed by atoms with E-state index in [9.17, 15) is 18.4 Å². The maximum atomic E-state index is 13.3. The molecule has 1 saturated heterocycles. The summed E-state index contributed by atoms with van der Waals surface area (Å²) in [6, 6.07) is 7.35. The van der Waals surface area contributed by atoms with Gasteiger partial charge in [0.05, 0.1) is 5.56 Å². The van der Waals surface area contributed by atoms with Gasteiger partial charge in [0.25, 0.3) is 5.91 Å². The lowest BCUT2D eigenvalue weighted by Crippen LogP contribution is -2.49. The van der Waals surface area contributed by atoms with Gasteiger partial charge in [-0.25, -0.2) is 13.8 Å². The lowest BCUT2D eigenvalue weighted by atomic mass is 10.1. The van der Waals surface area contributed by atoms with Gasteiger partial charge < -0.3 is 15.1 Å². The Morgan fingerprint density at radius 2 is 1.79 bits per heavy atom. The van der Waals surface area contributed by atoms with Crippen molar-refractivity contribution in [2.45, 2.75) is 45.4 Å². The largest absolute Gasteiger partial charge is 0.353 e. The maximum absolute atomic E-state index is 13.3. The summed E-state index contributed by atoms with van der Waals surface area (Å²) >= 11 is 0. The number of hydrogen-bond acceptors (Lipinski definition) is 4. The van der Waals surface area contributed by atoms with E-state index >= 15 is 0 Å². The number of nitrogens with zero attached hydrogens (tertiary/aromatic N) is 3. The lowest BCUT2D eigenvalue weighted by Gasteiger charge is -2.35. The molecule has 2 heterocycles. The summed E-state index contributed by atoms with van der Waals surface area (Å²) in [4.78, 5) is 33.1. The van der Waals surface area contributed by atoms with Crippen LogP contribution in [0.15, 0.2) is 36.5 Å². The molecule has 3 rings (SSSR count). The van der Waals surface area contributed by atoms with E-state index in [1.54, 1.807) is 17.2 Å². The number of aromatic nitrogens is 1. The Hall–Kier alpha value is -3.03. The molecule has 1 aliphatic rings. The number of nitrogens with one attached hydrogen (secondary N) is 1. The van der Waals surface area contributed by atoms with Gasteiger partial charge in [-0.2, -0.15) is 0 Å². The van der Waals surface area contributed by atoms with Crippen LogP contribution in [0.2, 0.25) is 0 Å². The summed E-state index contributed by atoms with van der Waals surface area (Å²) in [5, 5.41) is 2.93. The number of unbranched alkanes of at least 4 members (excludes halogenated alkanes) is 3. The van der Waals surface area contributed by atoms with Crippen molar-refractivity contribution in [3.63, 3.8) is 0 Å². The van der Waals surface area contributed by atoms with E-state index in [1.165, 1.54) is 18.9 Å². The third-order valence-electron chi connectivity index (χ3n) is 5.89. The van der Waals surface area contributed by atoms with E-state index in [4.69, 9.17) is 0 Å². The molecule has 1 aromatic heterocycles. The quantitative estimate of drug-likeness (QED) is 0.548. The molecule has 0 unspecified atom stereocenters. The molecule has 0 bridgehead atoms. The number of carbonyl (C=O) groups is 2. The smallest absolute Gasteiger partial charge is 0.252 e. The summed E-state index contributed by atoms with van der Waals surface area (Å²) in [5.74, 6) is -1.11. The van der Waals surface area contributed by atoms with Crippen molar-refractivity contribution in [1.82, 2.24) is 15.2 Å². The predicted molar refractivity (Wildman–Crippen MR) is 124 cm³/mol. The number of benzene rings is 1. The SMILES string of the molecule is CCCCCCNC(=O)c1ccc(N2CCN(C(=O)CCc3ccc(F)c(F)c3)CC2)nc1. The highest BCUT2D eigenvalue weighted by atomic mass is 19.2. The van der Waals surface area contributed by atoms with Gasteiger partial charge in [-0.15, -0.1) is 0 Å². The highest BCUT2D eigenvalue weighted by molar-refractivity contribution is 5.94. The molecule has 0 saturated carbocycles.